The Morgan fingerprint density at radius 2 is 2.26 bits per heavy atom. The number of hydrogen-bond donors (Lipinski definition) is 3. The van der Waals surface area contributed by atoms with Gasteiger partial charge in [-0.2, -0.15) is 0 Å². The molecule has 1 aliphatic rings. The van der Waals surface area contributed by atoms with E-state index < -0.39 is 0 Å². The summed E-state index contributed by atoms with van der Waals surface area (Å²) in [5.41, 5.74) is 5.05. The number of H-pyrrole nitrogens is 1. The summed E-state index contributed by atoms with van der Waals surface area (Å²) in [4.78, 5) is 3.34. The van der Waals surface area contributed by atoms with Crippen molar-refractivity contribution in [2.75, 3.05) is 6.61 Å². The van der Waals surface area contributed by atoms with Crippen molar-refractivity contribution in [1.82, 2.24) is 10.3 Å². The second-order valence-corrected chi connectivity index (χ2v) is 5.56. The van der Waals surface area contributed by atoms with E-state index >= 15 is 0 Å². The lowest BCUT2D eigenvalue weighted by Gasteiger charge is -2.20. The summed E-state index contributed by atoms with van der Waals surface area (Å²) in [5, 5.41) is 14.4. The Kier molecular flexibility index (Phi) is 3.17. The molecule has 3 rings (SSSR count). The topological polar surface area (TPSA) is 48.0 Å². The molecule has 0 saturated heterocycles. The monoisotopic (exact) mass is 256 g/mol. The van der Waals surface area contributed by atoms with Crippen molar-refractivity contribution in [3.8, 4) is 0 Å². The predicted octanol–water partition coefficient (Wildman–Crippen LogP) is 2.68. The van der Waals surface area contributed by atoms with Crippen LogP contribution in [-0.2, 0) is 6.42 Å². The van der Waals surface area contributed by atoms with Crippen molar-refractivity contribution < 1.29 is 5.11 Å². The van der Waals surface area contributed by atoms with Crippen LogP contribution in [0.2, 0.25) is 0 Å². The molecule has 0 saturated carbocycles. The SMILES string of the molecule is CC(C)=C[C@H]1N[C@H](CO)Cc2c[nH]c3cccc1c23. The first-order chi connectivity index (χ1) is 9.19. The van der Waals surface area contributed by atoms with Gasteiger partial charge in [0.15, 0.2) is 0 Å². The fraction of sp³-hybridized carbons (Fsp3) is 0.375. The Hall–Kier alpha value is -1.58. The van der Waals surface area contributed by atoms with Gasteiger partial charge in [-0.25, -0.2) is 0 Å². The lowest BCUT2D eigenvalue weighted by molar-refractivity contribution is 0.237. The van der Waals surface area contributed by atoms with Crippen molar-refractivity contribution in [1.29, 1.82) is 0 Å². The maximum atomic E-state index is 9.55. The summed E-state index contributed by atoms with van der Waals surface area (Å²) >= 11 is 0. The van der Waals surface area contributed by atoms with Gasteiger partial charge in [0, 0.05) is 23.1 Å². The molecule has 3 nitrogen and oxygen atoms in total. The first-order valence-electron chi connectivity index (χ1n) is 6.80. The highest BCUT2D eigenvalue weighted by Gasteiger charge is 2.24. The number of allylic oxidation sites excluding steroid dienone is 1. The number of aromatic nitrogens is 1. The third-order valence-electron chi connectivity index (χ3n) is 3.76. The number of rotatable bonds is 2. The molecule has 0 unspecified atom stereocenters. The van der Waals surface area contributed by atoms with Crippen LogP contribution < -0.4 is 5.32 Å². The Morgan fingerprint density at radius 1 is 1.42 bits per heavy atom. The molecular formula is C16H20N2O. The van der Waals surface area contributed by atoms with Gasteiger partial charge in [0.25, 0.3) is 0 Å². The van der Waals surface area contributed by atoms with E-state index in [1.54, 1.807) is 0 Å². The molecule has 19 heavy (non-hydrogen) atoms. The Labute approximate surface area is 113 Å². The van der Waals surface area contributed by atoms with Crippen molar-refractivity contribution >= 4 is 10.9 Å². The van der Waals surface area contributed by atoms with Crippen LogP contribution in [0.5, 0.6) is 0 Å². The third-order valence-corrected chi connectivity index (χ3v) is 3.76. The van der Waals surface area contributed by atoms with Crippen LogP contribution in [0.15, 0.2) is 36.0 Å². The molecule has 0 fully saturated rings. The van der Waals surface area contributed by atoms with E-state index in [0.717, 1.165) is 6.42 Å². The Bertz CT molecular complexity index is 623. The molecule has 3 N–H and O–H groups in total. The molecule has 0 spiro atoms. The summed E-state index contributed by atoms with van der Waals surface area (Å²) in [6, 6.07) is 6.65. The third kappa shape index (κ3) is 2.20. The Balaban J connectivity index is 2.19. The molecule has 2 atom stereocenters. The smallest absolute Gasteiger partial charge is 0.0588 e. The van der Waals surface area contributed by atoms with Crippen LogP contribution in [0.1, 0.15) is 31.0 Å². The minimum absolute atomic E-state index is 0.104. The van der Waals surface area contributed by atoms with Crippen LogP contribution >= 0.6 is 0 Å². The number of hydrogen-bond acceptors (Lipinski definition) is 2. The van der Waals surface area contributed by atoms with Gasteiger partial charge in [-0.3, -0.25) is 0 Å². The zero-order valence-corrected chi connectivity index (χ0v) is 11.4. The average molecular weight is 256 g/mol. The Morgan fingerprint density at radius 3 is 3.00 bits per heavy atom. The molecule has 0 bridgehead atoms. The molecule has 3 heteroatoms. The molecule has 1 aromatic carbocycles. The van der Waals surface area contributed by atoms with Gasteiger partial charge in [-0.05, 0) is 37.5 Å². The van der Waals surface area contributed by atoms with Crippen molar-refractivity contribution in [2.24, 2.45) is 0 Å². The quantitative estimate of drug-likeness (QED) is 0.723. The lowest BCUT2D eigenvalue weighted by atomic mass is 9.99. The van der Waals surface area contributed by atoms with Gasteiger partial charge in [0.1, 0.15) is 0 Å². The summed E-state index contributed by atoms with van der Waals surface area (Å²) in [5.74, 6) is 0. The van der Waals surface area contributed by atoms with Crippen LogP contribution in [-0.4, -0.2) is 22.7 Å². The summed E-state index contributed by atoms with van der Waals surface area (Å²) < 4.78 is 0. The van der Waals surface area contributed by atoms with Crippen molar-refractivity contribution in [2.45, 2.75) is 32.4 Å². The van der Waals surface area contributed by atoms with E-state index in [1.165, 1.54) is 27.6 Å². The number of aromatic amines is 1. The van der Waals surface area contributed by atoms with Gasteiger partial charge in [0.2, 0.25) is 0 Å². The van der Waals surface area contributed by atoms with Crippen LogP contribution in [0.25, 0.3) is 10.9 Å². The minimum atomic E-state index is 0.104. The lowest BCUT2D eigenvalue weighted by Crippen LogP contribution is -2.35. The largest absolute Gasteiger partial charge is 0.395 e. The normalized spacial score (nSPS) is 22.3. The maximum absolute atomic E-state index is 9.55. The molecule has 0 radical (unpaired) electrons. The van der Waals surface area contributed by atoms with E-state index in [9.17, 15) is 5.11 Å². The highest BCUT2D eigenvalue weighted by molar-refractivity contribution is 5.87. The standard InChI is InChI=1S/C16H20N2O/c1-10(2)6-15-13-4-3-5-14-16(13)11(8-17-14)7-12(9-19)18-15/h3-6,8,12,15,17-19H,7,9H2,1-2H3/t12-,15+/m0/s1. The highest BCUT2D eigenvalue weighted by Crippen LogP contribution is 2.32. The van der Waals surface area contributed by atoms with E-state index in [1.807, 2.05) is 0 Å². The van der Waals surface area contributed by atoms with Gasteiger partial charge >= 0.3 is 0 Å². The predicted molar refractivity (Wildman–Crippen MR) is 78.2 cm³/mol. The van der Waals surface area contributed by atoms with E-state index in [2.05, 4.69) is 54.6 Å². The number of benzene rings is 1. The first kappa shape index (κ1) is 12.5. The number of aliphatic hydroxyl groups is 1. The minimum Gasteiger partial charge on any atom is -0.395 e. The second-order valence-electron chi connectivity index (χ2n) is 5.56. The van der Waals surface area contributed by atoms with Crippen molar-refractivity contribution in [3.63, 3.8) is 0 Å². The van der Waals surface area contributed by atoms with Crippen LogP contribution in [0.3, 0.4) is 0 Å². The zero-order valence-electron chi connectivity index (χ0n) is 11.4. The highest BCUT2D eigenvalue weighted by atomic mass is 16.3. The van der Waals surface area contributed by atoms with Crippen LogP contribution in [0, 0.1) is 0 Å². The molecule has 1 aromatic heterocycles. The average Bonchev–Trinajstić information content (AvgIpc) is 2.72. The van der Waals surface area contributed by atoms with Crippen molar-refractivity contribution in [3.05, 3.63) is 47.2 Å². The summed E-state index contributed by atoms with van der Waals surface area (Å²) in [6.07, 6.45) is 5.17. The van der Waals surface area contributed by atoms with Gasteiger partial charge in [0.05, 0.1) is 12.6 Å². The summed E-state index contributed by atoms with van der Waals surface area (Å²) in [7, 11) is 0. The molecule has 1 aliphatic heterocycles. The molecule has 2 heterocycles. The van der Waals surface area contributed by atoms with Gasteiger partial charge < -0.3 is 15.4 Å². The fourth-order valence-electron chi connectivity index (χ4n) is 2.96. The zero-order chi connectivity index (χ0) is 13.4. The molecule has 0 aliphatic carbocycles. The molecule has 100 valence electrons. The van der Waals surface area contributed by atoms with Gasteiger partial charge in [-0.1, -0.05) is 23.8 Å². The fourth-order valence-corrected chi connectivity index (χ4v) is 2.96. The molecule has 2 aromatic rings. The molecule has 0 amide bonds. The molecular weight excluding hydrogens is 236 g/mol. The van der Waals surface area contributed by atoms with E-state index in [-0.39, 0.29) is 18.7 Å². The number of nitrogens with one attached hydrogen (secondary N) is 2. The van der Waals surface area contributed by atoms with Crippen LogP contribution in [0.4, 0.5) is 0 Å². The number of aliphatic hydroxyl groups excluding tert-OH is 1. The summed E-state index contributed by atoms with van der Waals surface area (Å²) in [6.45, 7) is 4.38. The van der Waals surface area contributed by atoms with E-state index in [4.69, 9.17) is 0 Å². The second kappa shape index (κ2) is 4.83. The maximum Gasteiger partial charge on any atom is 0.0588 e. The first-order valence-corrected chi connectivity index (χ1v) is 6.80. The van der Waals surface area contributed by atoms with Gasteiger partial charge in [-0.15, -0.1) is 0 Å². The van der Waals surface area contributed by atoms with E-state index in [0.29, 0.717) is 0 Å².